The molecule has 2 aromatic carbocycles. The van der Waals surface area contributed by atoms with Crippen molar-refractivity contribution in [2.45, 2.75) is 0 Å². The minimum Gasteiger partial charge on any atom is -0.454 e. The van der Waals surface area contributed by atoms with Gasteiger partial charge in [0, 0.05) is 11.6 Å². The molecule has 0 unspecified atom stereocenters. The number of nitrogens with one attached hydrogen (secondary N) is 2. The van der Waals surface area contributed by atoms with E-state index in [9.17, 15) is 9.59 Å². The highest BCUT2D eigenvalue weighted by Crippen LogP contribution is 2.32. The summed E-state index contributed by atoms with van der Waals surface area (Å²) in [6, 6.07) is 14.0. The van der Waals surface area contributed by atoms with E-state index >= 15 is 0 Å². The predicted molar refractivity (Wildman–Crippen MR) is 83.6 cm³/mol. The Kier molecular flexibility index (Phi) is 4.24. The number of hydrogen-bond acceptors (Lipinski definition) is 4. The van der Waals surface area contributed by atoms with E-state index in [0.29, 0.717) is 17.1 Å². The molecular formula is C17H14N2O4. The maximum atomic E-state index is 11.8. The van der Waals surface area contributed by atoms with E-state index in [4.69, 9.17) is 9.47 Å². The zero-order valence-corrected chi connectivity index (χ0v) is 12.1. The highest BCUT2D eigenvalue weighted by Gasteiger charge is 2.12. The molecule has 0 aromatic heterocycles. The van der Waals surface area contributed by atoms with Gasteiger partial charge in [0.1, 0.15) is 0 Å². The number of ether oxygens (including phenoxy) is 2. The highest BCUT2D eigenvalue weighted by molar-refractivity contribution is 5.97. The molecule has 0 radical (unpaired) electrons. The summed E-state index contributed by atoms with van der Waals surface area (Å²) in [6.07, 6.45) is 2.94. The van der Waals surface area contributed by atoms with Crippen LogP contribution < -0.4 is 20.3 Å². The number of hydrazine groups is 1. The fourth-order valence-corrected chi connectivity index (χ4v) is 2.01. The zero-order valence-electron chi connectivity index (χ0n) is 12.1. The van der Waals surface area contributed by atoms with Crippen LogP contribution in [0.4, 0.5) is 0 Å². The Morgan fingerprint density at radius 3 is 2.57 bits per heavy atom. The van der Waals surface area contributed by atoms with Crippen LogP contribution in [0, 0.1) is 0 Å². The van der Waals surface area contributed by atoms with Gasteiger partial charge < -0.3 is 9.47 Å². The summed E-state index contributed by atoms with van der Waals surface area (Å²) in [6.45, 7) is 0.203. The van der Waals surface area contributed by atoms with E-state index in [1.165, 1.54) is 6.08 Å². The second-order valence-electron chi connectivity index (χ2n) is 4.76. The number of hydrogen-bond donors (Lipinski definition) is 2. The van der Waals surface area contributed by atoms with Gasteiger partial charge in [-0.2, -0.15) is 0 Å². The van der Waals surface area contributed by atoms with Crippen molar-refractivity contribution in [1.29, 1.82) is 0 Å². The molecule has 23 heavy (non-hydrogen) atoms. The van der Waals surface area contributed by atoms with Gasteiger partial charge in [-0.3, -0.25) is 20.4 Å². The Morgan fingerprint density at radius 1 is 0.957 bits per heavy atom. The Labute approximate surface area is 132 Å². The average molecular weight is 310 g/mol. The van der Waals surface area contributed by atoms with Crippen LogP contribution in [0.3, 0.4) is 0 Å². The molecule has 0 saturated heterocycles. The number of carbonyl (C=O) groups excluding carboxylic acids is 2. The van der Waals surface area contributed by atoms with Crippen molar-refractivity contribution in [3.63, 3.8) is 0 Å². The van der Waals surface area contributed by atoms with Crippen LogP contribution in [0.25, 0.3) is 6.08 Å². The first-order chi connectivity index (χ1) is 11.2. The lowest BCUT2D eigenvalue weighted by atomic mass is 10.2. The van der Waals surface area contributed by atoms with Crippen molar-refractivity contribution in [3.8, 4) is 11.5 Å². The molecular weight excluding hydrogens is 296 g/mol. The Balaban J connectivity index is 1.54. The van der Waals surface area contributed by atoms with Crippen molar-refractivity contribution in [3.05, 3.63) is 65.7 Å². The van der Waals surface area contributed by atoms with Gasteiger partial charge in [0.25, 0.3) is 11.8 Å². The minimum atomic E-state index is -0.438. The molecule has 0 fully saturated rings. The summed E-state index contributed by atoms with van der Waals surface area (Å²) < 4.78 is 10.5. The van der Waals surface area contributed by atoms with E-state index < -0.39 is 5.91 Å². The normalized spacial score (nSPS) is 12.2. The molecule has 2 aromatic rings. The Morgan fingerprint density at radius 2 is 1.74 bits per heavy atom. The summed E-state index contributed by atoms with van der Waals surface area (Å²) in [5.41, 5.74) is 5.92. The maximum Gasteiger partial charge on any atom is 0.269 e. The van der Waals surface area contributed by atoms with Gasteiger partial charge >= 0.3 is 0 Å². The molecule has 0 bridgehead atoms. The average Bonchev–Trinajstić information content (AvgIpc) is 3.06. The van der Waals surface area contributed by atoms with Gasteiger partial charge in [0.2, 0.25) is 6.79 Å². The van der Waals surface area contributed by atoms with Gasteiger partial charge in [-0.25, -0.2) is 0 Å². The predicted octanol–water partition coefficient (Wildman–Crippen LogP) is 1.89. The maximum absolute atomic E-state index is 11.8. The largest absolute Gasteiger partial charge is 0.454 e. The van der Waals surface area contributed by atoms with E-state index in [-0.39, 0.29) is 12.7 Å². The number of fused-ring (bicyclic) bond motifs is 1. The topological polar surface area (TPSA) is 76.7 Å². The first-order valence-electron chi connectivity index (χ1n) is 6.95. The molecule has 1 heterocycles. The fraction of sp³-hybridized carbons (Fsp3) is 0.0588. The van der Waals surface area contributed by atoms with E-state index in [1.54, 1.807) is 48.5 Å². The number of rotatable bonds is 3. The van der Waals surface area contributed by atoms with Crippen LogP contribution in [-0.4, -0.2) is 18.6 Å². The lowest BCUT2D eigenvalue weighted by Gasteiger charge is -2.04. The summed E-state index contributed by atoms with van der Waals surface area (Å²) in [5.74, 6) is 0.508. The van der Waals surface area contributed by atoms with Crippen LogP contribution in [0.2, 0.25) is 0 Å². The third-order valence-electron chi connectivity index (χ3n) is 3.16. The zero-order chi connectivity index (χ0) is 16.1. The van der Waals surface area contributed by atoms with E-state index in [2.05, 4.69) is 10.9 Å². The summed E-state index contributed by atoms with van der Waals surface area (Å²) >= 11 is 0. The van der Waals surface area contributed by atoms with E-state index in [0.717, 1.165) is 5.56 Å². The number of amides is 2. The van der Waals surface area contributed by atoms with Crippen LogP contribution in [0.1, 0.15) is 15.9 Å². The van der Waals surface area contributed by atoms with Crippen molar-refractivity contribution in [2.75, 3.05) is 6.79 Å². The third-order valence-corrected chi connectivity index (χ3v) is 3.16. The molecule has 0 saturated carbocycles. The summed E-state index contributed by atoms with van der Waals surface area (Å²) in [4.78, 5) is 23.5. The molecule has 6 nitrogen and oxygen atoms in total. The van der Waals surface area contributed by atoms with Crippen molar-refractivity contribution >= 4 is 17.9 Å². The van der Waals surface area contributed by atoms with Crippen molar-refractivity contribution < 1.29 is 19.1 Å². The molecule has 0 aliphatic carbocycles. The first kappa shape index (κ1) is 14.6. The van der Waals surface area contributed by atoms with Crippen molar-refractivity contribution in [1.82, 2.24) is 10.9 Å². The molecule has 2 N–H and O–H groups in total. The van der Waals surface area contributed by atoms with Gasteiger partial charge in [-0.05, 0) is 35.9 Å². The van der Waals surface area contributed by atoms with Gasteiger partial charge in [-0.15, -0.1) is 0 Å². The lowest BCUT2D eigenvalue weighted by molar-refractivity contribution is -0.117. The lowest BCUT2D eigenvalue weighted by Crippen LogP contribution is -2.40. The number of benzene rings is 2. The van der Waals surface area contributed by atoms with Gasteiger partial charge in [0.05, 0.1) is 0 Å². The monoisotopic (exact) mass is 310 g/mol. The van der Waals surface area contributed by atoms with Crippen LogP contribution in [0.5, 0.6) is 11.5 Å². The number of carbonyl (C=O) groups is 2. The molecule has 1 aliphatic heterocycles. The SMILES string of the molecule is O=C(C=Cc1ccc2c(c1)OCO2)NNC(=O)c1ccccc1. The van der Waals surface area contributed by atoms with Crippen LogP contribution in [0.15, 0.2) is 54.6 Å². The van der Waals surface area contributed by atoms with E-state index in [1.807, 2.05) is 6.07 Å². The molecule has 2 amide bonds. The summed E-state index contributed by atoms with van der Waals surface area (Å²) in [7, 11) is 0. The molecule has 3 rings (SSSR count). The van der Waals surface area contributed by atoms with Crippen LogP contribution >= 0.6 is 0 Å². The second kappa shape index (κ2) is 6.65. The molecule has 1 aliphatic rings. The fourth-order valence-electron chi connectivity index (χ4n) is 2.01. The van der Waals surface area contributed by atoms with Gasteiger partial charge in [0.15, 0.2) is 11.5 Å². The quantitative estimate of drug-likeness (QED) is 0.670. The molecule has 6 heteroatoms. The van der Waals surface area contributed by atoms with Crippen LogP contribution in [-0.2, 0) is 4.79 Å². The molecule has 0 spiro atoms. The second-order valence-corrected chi connectivity index (χ2v) is 4.76. The highest BCUT2D eigenvalue weighted by atomic mass is 16.7. The molecule has 0 atom stereocenters. The van der Waals surface area contributed by atoms with Gasteiger partial charge in [-0.1, -0.05) is 24.3 Å². The smallest absolute Gasteiger partial charge is 0.269 e. The first-order valence-corrected chi connectivity index (χ1v) is 6.95. The summed E-state index contributed by atoms with van der Waals surface area (Å²) in [5, 5.41) is 0. The standard InChI is InChI=1S/C17H14N2O4/c20-16(18-19-17(21)13-4-2-1-3-5-13)9-7-12-6-8-14-15(10-12)23-11-22-14/h1-10H,11H2,(H,18,20)(H,19,21). The Hall–Kier alpha value is -3.28. The molecule has 116 valence electrons. The Bertz CT molecular complexity index is 756. The minimum absolute atomic E-state index is 0.203. The van der Waals surface area contributed by atoms with Crippen molar-refractivity contribution in [2.24, 2.45) is 0 Å². The third kappa shape index (κ3) is 3.68.